The van der Waals surface area contributed by atoms with Gasteiger partial charge in [-0.3, -0.25) is 0 Å². The highest BCUT2D eigenvalue weighted by molar-refractivity contribution is 7.55. The number of benzene rings is 2. The van der Waals surface area contributed by atoms with Crippen LogP contribution in [0, 0.1) is 12.3 Å². The van der Waals surface area contributed by atoms with Gasteiger partial charge in [0.2, 0.25) is 5.90 Å². The molecule has 0 amide bonds. The van der Waals surface area contributed by atoms with Gasteiger partial charge in [-0.1, -0.05) is 65.2 Å². The fraction of sp³-hybridized carbons (Fsp3) is 0.381. The summed E-state index contributed by atoms with van der Waals surface area (Å²) < 4.78 is 45.5. The molecule has 2 atom stereocenters. The SMILES string of the molecule is Cc1ccc(Pc2ccc(C(F)(F)F)cc2C2=N[C@@H](C(C)(C)C)CO2)cc1. The number of nitrogens with zero attached hydrogens (tertiary/aromatic N) is 1. The van der Waals surface area contributed by atoms with Crippen LogP contribution in [0.1, 0.15) is 37.5 Å². The Morgan fingerprint density at radius 2 is 1.70 bits per heavy atom. The minimum absolute atomic E-state index is 0.0717. The first-order chi connectivity index (χ1) is 12.5. The Morgan fingerprint density at radius 3 is 2.26 bits per heavy atom. The number of aryl methyl sites for hydroxylation is 1. The van der Waals surface area contributed by atoms with Crippen LogP contribution in [0.25, 0.3) is 0 Å². The largest absolute Gasteiger partial charge is 0.475 e. The van der Waals surface area contributed by atoms with Gasteiger partial charge < -0.3 is 4.74 Å². The molecule has 0 aromatic heterocycles. The molecule has 1 unspecified atom stereocenters. The van der Waals surface area contributed by atoms with Gasteiger partial charge in [-0.05, 0) is 35.1 Å². The van der Waals surface area contributed by atoms with E-state index in [1.54, 1.807) is 6.07 Å². The van der Waals surface area contributed by atoms with E-state index in [1.807, 2.05) is 31.2 Å². The predicted molar refractivity (Wildman–Crippen MR) is 106 cm³/mol. The molecule has 0 fully saturated rings. The van der Waals surface area contributed by atoms with Crippen molar-refractivity contribution in [1.82, 2.24) is 0 Å². The summed E-state index contributed by atoms with van der Waals surface area (Å²) in [4.78, 5) is 4.60. The Hall–Kier alpha value is -1.87. The van der Waals surface area contributed by atoms with Gasteiger partial charge in [0.15, 0.2) is 0 Å². The molecule has 3 rings (SSSR count). The first kappa shape index (κ1) is 19.9. The van der Waals surface area contributed by atoms with Crippen molar-refractivity contribution in [3.63, 3.8) is 0 Å². The smallest absolute Gasteiger partial charge is 0.416 e. The minimum Gasteiger partial charge on any atom is -0.475 e. The van der Waals surface area contributed by atoms with Crippen LogP contribution in [0.5, 0.6) is 0 Å². The van der Waals surface area contributed by atoms with Crippen LogP contribution in [0.3, 0.4) is 0 Å². The lowest BCUT2D eigenvalue weighted by Crippen LogP contribution is -2.25. The molecule has 0 radical (unpaired) electrons. The van der Waals surface area contributed by atoms with E-state index in [0.29, 0.717) is 18.1 Å². The normalized spacial score (nSPS) is 18.0. The summed E-state index contributed by atoms with van der Waals surface area (Å²) in [6, 6.07) is 11.8. The fourth-order valence-corrected chi connectivity index (χ4v) is 3.89. The van der Waals surface area contributed by atoms with Crippen molar-refractivity contribution in [3.8, 4) is 0 Å². The number of alkyl halides is 3. The molecule has 1 heterocycles. The quantitative estimate of drug-likeness (QED) is 0.685. The third kappa shape index (κ3) is 4.70. The molecular formula is C21H23F3NOP. The van der Waals surface area contributed by atoms with Crippen LogP contribution >= 0.6 is 8.58 Å². The molecule has 6 heteroatoms. The van der Waals surface area contributed by atoms with E-state index >= 15 is 0 Å². The van der Waals surface area contributed by atoms with E-state index in [9.17, 15) is 13.2 Å². The van der Waals surface area contributed by atoms with Crippen LogP contribution < -0.4 is 10.6 Å². The fourth-order valence-electron chi connectivity index (χ4n) is 2.76. The topological polar surface area (TPSA) is 21.6 Å². The summed E-state index contributed by atoms with van der Waals surface area (Å²) in [5.41, 5.74) is 0.798. The third-order valence-electron chi connectivity index (χ3n) is 4.56. The molecule has 144 valence electrons. The van der Waals surface area contributed by atoms with E-state index in [4.69, 9.17) is 4.74 Å². The predicted octanol–water partition coefficient (Wildman–Crippen LogP) is 4.83. The second-order valence-corrected chi connectivity index (χ2v) is 9.24. The molecule has 27 heavy (non-hydrogen) atoms. The van der Waals surface area contributed by atoms with Gasteiger partial charge in [0.25, 0.3) is 0 Å². The van der Waals surface area contributed by atoms with Crippen LogP contribution in [0.4, 0.5) is 13.2 Å². The first-order valence-corrected chi connectivity index (χ1v) is 9.80. The van der Waals surface area contributed by atoms with Gasteiger partial charge in [-0.15, -0.1) is 0 Å². The molecule has 2 nitrogen and oxygen atoms in total. The molecular weight excluding hydrogens is 370 g/mol. The van der Waals surface area contributed by atoms with E-state index in [0.717, 1.165) is 22.2 Å². The highest BCUT2D eigenvalue weighted by Gasteiger charge is 2.34. The van der Waals surface area contributed by atoms with Gasteiger partial charge in [0.1, 0.15) is 6.61 Å². The van der Waals surface area contributed by atoms with E-state index in [-0.39, 0.29) is 20.0 Å². The molecule has 0 N–H and O–H groups in total. The van der Waals surface area contributed by atoms with Crippen LogP contribution in [0.15, 0.2) is 47.5 Å². The van der Waals surface area contributed by atoms with Crippen molar-refractivity contribution in [2.24, 2.45) is 10.4 Å². The van der Waals surface area contributed by atoms with Crippen molar-refractivity contribution < 1.29 is 17.9 Å². The van der Waals surface area contributed by atoms with Crippen molar-refractivity contribution in [2.75, 3.05) is 6.61 Å². The maximum atomic E-state index is 13.2. The number of halogens is 3. The van der Waals surface area contributed by atoms with Crippen molar-refractivity contribution >= 4 is 25.1 Å². The molecule has 0 spiro atoms. The zero-order valence-corrected chi connectivity index (χ0v) is 16.8. The monoisotopic (exact) mass is 393 g/mol. The average Bonchev–Trinajstić information content (AvgIpc) is 3.06. The van der Waals surface area contributed by atoms with Gasteiger partial charge in [-0.2, -0.15) is 13.2 Å². The highest BCUT2D eigenvalue weighted by atomic mass is 31.1. The van der Waals surface area contributed by atoms with E-state index in [1.165, 1.54) is 6.07 Å². The number of hydrogen-bond acceptors (Lipinski definition) is 2. The van der Waals surface area contributed by atoms with Gasteiger partial charge in [0, 0.05) is 5.56 Å². The number of hydrogen-bond donors (Lipinski definition) is 0. The van der Waals surface area contributed by atoms with Crippen molar-refractivity contribution in [1.29, 1.82) is 0 Å². The molecule has 0 bridgehead atoms. The summed E-state index contributed by atoms with van der Waals surface area (Å²) in [6.45, 7) is 8.55. The average molecular weight is 393 g/mol. The lowest BCUT2D eigenvalue weighted by molar-refractivity contribution is -0.137. The highest BCUT2D eigenvalue weighted by Crippen LogP contribution is 2.32. The van der Waals surface area contributed by atoms with Gasteiger partial charge in [-0.25, -0.2) is 4.99 Å². The van der Waals surface area contributed by atoms with Gasteiger partial charge >= 0.3 is 6.18 Å². The Labute approximate surface area is 159 Å². The molecule has 0 saturated carbocycles. The Morgan fingerprint density at radius 1 is 1.04 bits per heavy atom. The maximum Gasteiger partial charge on any atom is 0.416 e. The zero-order chi connectivity index (χ0) is 19.8. The maximum absolute atomic E-state index is 13.2. The molecule has 0 aliphatic carbocycles. The third-order valence-corrected chi connectivity index (χ3v) is 5.89. The van der Waals surface area contributed by atoms with E-state index < -0.39 is 11.7 Å². The molecule has 1 aliphatic heterocycles. The first-order valence-electron chi connectivity index (χ1n) is 8.80. The Balaban J connectivity index is 2.02. The summed E-state index contributed by atoms with van der Waals surface area (Å²) in [7, 11) is 0.229. The number of aliphatic imine (C=N–C) groups is 1. The number of ether oxygens (including phenoxy) is 1. The zero-order valence-electron chi connectivity index (χ0n) is 15.8. The standard InChI is InChI=1S/C21H23F3NOP/c1-13-5-8-15(9-6-13)27-17-10-7-14(21(22,23)24)11-16(17)19-25-18(12-26-19)20(2,3)4/h5-11,18,27H,12H2,1-4H3/t18-/m1/s1. The second-order valence-electron chi connectivity index (χ2n) is 7.88. The van der Waals surface area contributed by atoms with E-state index in [2.05, 4.69) is 25.8 Å². The van der Waals surface area contributed by atoms with Gasteiger partial charge in [0.05, 0.1) is 11.6 Å². The number of rotatable bonds is 3. The summed E-state index contributed by atoms with van der Waals surface area (Å²) in [5.74, 6) is 0.315. The Kier molecular flexibility index (Phi) is 5.36. The Bertz CT molecular complexity index is 851. The molecule has 2 aromatic rings. The molecule has 1 aliphatic rings. The minimum atomic E-state index is -4.40. The summed E-state index contributed by atoms with van der Waals surface area (Å²) in [6.07, 6.45) is -4.40. The second kappa shape index (κ2) is 7.27. The lowest BCUT2D eigenvalue weighted by atomic mass is 9.88. The van der Waals surface area contributed by atoms with Crippen molar-refractivity contribution in [2.45, 2.75) is 39.9 Å². The van der Waals surface area contributed by atoms with Crippen LogP contribution in [-0.2, 0) is 10.9 Å². The lowest BCUT2D eigenvalue weighted by Gasteiger charge is -2.21. The molecule has 2 aromatic carbocycles. The van der Waals surface area contributed by atoms with Crippen LogP contribution in [0.2, 0.25) is 0 Å². The van der Waals surface area contributed by atoms with Crippen molar-refractivity contribution in [3.05, 3.63) is 59.2 Å². The molecule has 0 saturated heterocycles. The van der Waals surface area contributed by atoms with Crippen LogP contribution in [-0.4, -0.2) is 18.5 Å². The summed E-state index contributed by atoms with van der Waals surface area (Å²) >= 11 is 0. The summed E-state index contributed by atoms with van der Waals surface area (Å²) in [5, 5.41) is 1.87.